The van der Waals surface area contributed by atoms with Gasteiger partial charge in [0.1, 0.15) is 12.6 Å². The third-order valence-corrected chi connectivity index (χ3v) is 8.07. The first-order valence-corrected chi connectivity index (χ1v) is 14.1. The first-order chi connectivity index (χ1) is 18.6. The lowest BCUT2D eigenvalue weighted by molar-refractivity contribution is -0.139. The highest BCUT2D eigenvalue weighted by Crippen LogP contribution is 2.32. The predicted molar refractivity (Wildman–Crippen MR) is 151 cm³/mol. The molecule has 0 spiro atoms. The number of carbonyl (C=O) groups is 2. The van der Waals surface area contributed by atoms with E-state index in [0.717, 1.165) is 9.87 Å². The molecule has 0 radical (unpaired) electrons. The molecule has 2 amide bonds. The molecule has 0 aliphatic carbocycles. The van der Waals surface area contributed by atoms with Crippen molar-refractivity contribution in [1.82, 2.24) is 10.2 Å². The van der Waals surface area contributed by atoms with E-state index in [-0.39, 0.29) is 28.8 Å². The average Bonchev–Trinajstić information content (AvgIpc) is 2.95. The lowest BCUT2D eigenvalue weighted by Gasteiger charge is -2.32. The minimum absolute atomic E-state index is 0.0767. The number of nitrogens with zero attached hydrogens (tertiary/aromatic N) is 2. The molecule has 11 heteroatoms. The molecule has 3 rings (SSSR count). The molecule has 0 aliphatic rings. The molecule has 0 heterocycles. The maximum Gasteiger partial charge on any atom is 0.264 e. The molecule has 0 bridgehead atoms. The largest absolute Gasteiger partial charge is 0.493 e. The van der Waals surface area contributed by atoms with Crippen LogP contribution in [0.1, 0.15) is 19.4 Å². The number of anilines is 1. The molecular weight excluding hydrogens is 542 g/mol. The Morgan fingerprint density at radius 2 is 1.59 bits per heavy atom. The lowest BCUT2D eigenvalue weighted by atomic mass is 10.1. The molecule has 1 N–H and O–H groups in total. The Bertz CT molecular complexity index is 1380. The fourth-order valence-electron chi connectivity index (χ4n) is 3.92. The molecule has 0 aliphatic heterocycles. The SMILES string of the molecule is CCNC(=O)[C@H](C)N(Cc1ccc(Cl)cc1)C(=O)CN(c1ccccc1)S(=O)(=O)c1ccc(OC)c(OC)c1. The number of sulfonamides is 1. The van der Waals surface area contributed by atoms with Crippen molar-refractivity contribution in [2.24, 2.45) is 0 Å². The molecule has 9 nitrogen and oxygen atoms in total. The highest BCUT2D eigenvalue weighted by Gasteiger charge is 2.32. The van der Waals surface area contributed by atoms with Crippen LogP contribution >= 0.6 is 11.6 Å². The Hall–Kier alpha value is -3.76. The molecule has 0 saturated heterocycles. The van der Waals surface area contributed by atoms with Crippen molar-refractivity contribution >= 4 is 39.1 Å². The second-order valence-corrected chi connectivity index (χ2v) is 10.9. The number of halogens is 1. The van der Waals surface area contributed by atoms with Gasteiger partial charge in [0.15, 0.2) is 11.5 Å². The Kier molecular flexibility index (Phi) is 10.2. The van der Waals surface area contributed by atoms with Crippen LogP contribution in [-0.2, 0) is 26.2 Å². The van der Waals surface area contributed by atoms with Crippen molar-refractivity contribution in [3.8, 4) is 11.5 Å². The minimum Gasteiger partial charge on any atom is -0.493 e. The summed E-state index contributed by atoms with van der Waals surface area (Å²) < 4.78 is 39.4. The van der Waals surface area contributed by atoms with Gasteiger partial charge in [-0.05, 0) is 55.8 Å². The standard InChI is InChI=1S/C28H32ClN3O6S/c1-5-30-28(34)20(2)31(18-21-11-13-22(29)14-12-21)27(33)19-32(23-9-7-6-8-10-23)39(35,36)24-15-16-25(37-3)26(17-24)38-4/h6-17,20H,5,18-19H2,1-4H3,(H,30,34)/t20-/m0/s1. The first kappa shape index (κ1) is 29.8. The van der Waals surface area contributed by atoms with Crippen LogP contribution in [0.5, 0.6) is 11.5 Å². The Labute approximate surface area is 234 Å². The van der Waals surface area contributed by atoms with Gasteiger partial charge >= 0.3 is 0 Å². The van der Waals surface area contributed by atoms with E-state index in [1.807, 2.05) is 0 Å². The fraction of sp³-hybridized carbons (Fsp3) is 0.286. The molecule has 0 aromatic heterocycles. The van der Waals surface area contributed by atoms with Gasteiger partial charge in [0, 0.05) is 24.2 Å². The normalized spacial score (nSPS) is 11.8. The van der Waals surface area contributed by atoms with Gasteiger partial charge < -0.3 is 19.7 Å². The second-order valence-electron chi connectivity index (χ2n) is 8.58. The van der Waals surface area contributed by atoms with E-state index in [1.54, 1.807) is 68.4 Å². The summed E-state index contributed by atoms with van der Waals surface area (Å²) in [4.78, 5) is 27.8. The summed E-state index contributed by atoms with van der Waals surface area (Å²) in [5, 5.41) is 3.26. The molecule has 1 atom stereocenters. The molecular formula is C28H32ClN3O6S. The molecule has 208 valence electrons. The number of methoxy groups -OCH3 is 2. The van der Waals surface area contributed by atoms with Gasteiger partial charge in [0.25, 0.3) is 10.0 Å². The number of rotatable bonds is 12. The maximum absolute atomic E-state index is 13.9. The zero-order chi connectivity index (χ0) is 28.6. The molecule has 3 aromatic rings. The molecule has 3 aromatic carbocycles. The van der Waals surface area contributed by atoms with E-state index in [2.05, 4.69) is 5.32 Å². The maximum atomic E-state index is 13.9. The van der Waals surface area contributed by atoms with E-state index in [1.165, 1.54) is 37.3 Å². The number of likely N-dealkylation sites (N-methyl/N-ethyl adjacent to an activating group) is 1. The summed E-state index contributed by atoms with van der Waals surface area (Å²) >= 11 is 6.02. The summed E-state index contributed by atoms with van der Waals surface area (Å²) in [5.74, 6) is -0.318. The zero-order valence-corrected chi connectivity index (χ0v) is 23.8. The number of amides is 2. The zero-order valence-electron chi connectivity index (χ0n) is 22.3. The summed E-state index contributed by atoms with van der Waals surface area (Å²) in [6.45, 7) is 3.30. The monoisotopic (exact) mass is 573 g/mol. The van der Waals surface area contributed by atoms with Crippen LogP contribution in [0.4, 0.5) is 5.69 Å². The fourth-order valence-corrected chi connectivity index (χ4v) is 5.47. The van der Waals surface area contributed by atoms with Crippen molar-refractivity contribution in [1.29, 1.82) is 0 Å². The highest BCUT2D eigenvalue weighted by atomic mass is 35.5. The topological polar surface area (TPSA) is 105 Å². The van der Waals surface area contributed by atoms with Gasteiger partial charge in [0.05, 0.1) is 24.8 Å². The van der Waals surface area contributed by atoms with Crippen LogP contribution < -0.4 is 19.1 Å². The van der Waals surface area contributed by atoms with Crippen LogP contribution in [0.15, 0.2) is 77.7 Å². The van der Waals surface area contributed by atoms with Crippen LogP contribution in [0.25, 0.3) is 0 Å². The Morgan fingerprint density at radius 3 is 2.18 bits per heavy atom. The Morgan fingerprint density at radius 1 is 0.949 bits per heavy atom. The number of hydrogen-bond acceptors (Lipinski definition) is 6. The third-order valence-electron chi connectivity index (χ3n) is 6.05. The third kappa shape index (κ3) is 7.21. The van der Waals surface area contributed by atoms with E-state index >= 15 is 0 Å². The van der Waals surface area contributed by atoms with E-state index in [9.17, 15) is 18.0 Å². The van der Waals surface area contributed by atoms with Gasteiger partial charge in [-0.2, -0.15) is 0 Å². The lowest BCUT2D eigenvalue weighted by Crippen LogP contribution is -2.51. The quantitative estimate of drug-likeness (QED) is 0.350. The van der Waals surface area contributed by atoms with Crippen LogP contribution in [0, 0.1) is 0 Å². The minimum atomic E-state index is -4.24. The van der Waals surface area contributed by atoms with Gasteiger partial charge in [-0.25, -0.2) is 8.42 Å². The molecule has 0 fully saturated rings. The van der Waals surface area contributed by atoms with Crippen LogP contribution in [0.2, 0.25) is 5.02 Å². The summed E-state index contributed by atoms with van der Waals surface area (Å²) in [7, 11) is -1.39. The first-order valence-electron chi connectivity index (χ1n) is 12.2. The van der Waals surface area contributed by atoms with Gasteiger partial charge in [0.2, 0.25) is 11.8 Å². The number of para-hydroxylation sites is 1. The summed E-state index contributed by atoms with van der Waals surface area (Å²) in [6.07, 6.45) is 0. The Balaban J connectivity index is 2.03. The number of nitrogens with one attached hydrogen (secondary N) is 1. The highest BCUT2D eigenvalue weighted by molar-refractivity contribution is 7.92. The van der Waals surface area contributed by atoms with Crippen molar-refractivity contribution in [2.75, 3.05) is 31.6 Å². The summed E-state index contributed by atoms with van der Waals surface area (Å²) in [6, 6.07) is 18.5. The summed E-state index contributed by atoms with van der Waals surface area (Å²) in [5.41, 5.74) is 1.02. The molecule has 39 heavy (non-hydrogen) atoms. The van der Waals surface area contributed by atoms with Crippen molar-refractivity contribution in [3.63, 3.8) is 0 Å². The number of ether oxygens (including phenoxy) is 2. The van der Waals surface area contributed by atoms with Gasteiger partial charge in [-0.15, -0.1) is 0 Å². The van der Waals surface area contributed by atoms with E-state index in [4.69, 9.17) is 21.1 Å². The predicted octanol–water partition coefficient (Wildman–Crippen LogP) is 4.11. The number of carbonyl (C=O) groups excluding carboxylic acids is 2. The smallest absolute Gasteiger partial charge is 0.264 e. The number of hydrogen-bond donors (Lipinski definition) is 1. The molecule has 0 unspecified atom stereocenters. The van der Waals surface area contributed by atoms with Crippen molar-refractivity contribution in [2.45, 2.75) is 31.3 Å². The van der Waals surface area contributed by atoms with Crippen LogP contribution in [-0.4, -0.2) is 58.5 Å². The van der Waals surface area contributed by atoms with Crippen LogP contribution in [0.3, 0.4) is 0 Å². The second kappa shape index (κ2) is 13.3. The van der Waals surface area contributed by atoms with Gasteiger partial charge in [-0.1, -0.05) is 41.9 Å². The molecule has 0 saturated carbocycles. The average molecular weight is 574 g/mol. The van der Waals surface area contributed by atoms with Crippen molar-refractivity contribution < 1.29 is 27.5 Å². The number of benzene rings is 3. The van der Waals surface area contributed by atoms with Crippen molar-refractivity contribution in [3.05, 3.63) is 83.4 Å². The van der Waals surface area contributed by atoms with E-state index in [0.29, 0.717) is 17.3 Å². The van der Waals surface area contributed by atoms with E-state index < -0.39 is 28.5 Å². The van der Waals surface area contributed by atoms with Gasteiger partial charge in [-0.3, -0.25) is 13.9 Å².